The Labute approximate surface area is 164 Å². The van der Waals surface area contributed by atoms with Gasteiger partial charge in [-0.1, -0.05) is 0 Å². The van der Waals surface area contributed by atoms with E-state index in [1.165, 1.54) is 6.20 Å². The molecule has 0 saturated carbocycles. The summed E-state index contributed by atoms with van der Waals surface area (Å²) >= 11 is 0. The number of halogens is 1. The van der Waals surface area contributed by atoms with Crippen LogP contribution in [0.4, 0.5) is 10.1 Å². The summed E-state index contributed by atoms with van der Waals surface area (Å²) in [6, 6.07) is 0.846. The number of aromatic nitrogens is 1. The molecule has 0 radical (unpaired) electrons. The van der Waals surface area contributed by atoms with E-state index in [2.05, 4.69) is 0 Å². The van der Waals surface area contributed by atoms with Crippen LogP contribution in [0.15, 0.2) is 17.1 Å². The van der Waals surface area contributed by atoms with Gasteiger partial charge in [0.1, 0.15) is 17.9 Å². The Morgan fingerprint density at radius 2 is 1.93 bits per heavy atom. The van der Waals surface area contributed by atoms with E-state index >= 15 is 4.39 Å². The second kappa shape index (κ2) is 7.03. The summed E-state index contributed by atoms with van der Waals surface area (Å²) in [5.41, 5.74) is -0.565. The summed E-state index contributed by atoms with van der Waals surface area (Å²) in [7, 11) is 0. The van der Waals surface area contributed by atoms with Crippen LogP contribution in [0.2, 0.25) is 0 Å². The van der Waals surface area contributed by atoms with Gasteiger partial charge >= 0.3 is 11.9 Å². The van der Waals surface area contributed by atoms with Crippen LogP contribution in [0, 0.1) is 5.82 Å². The Morgan fingerprint density at radius 3 is 2.55 bits per heavy atom. The minimum Gasteiger partial charge on any atom is -0.487 e. The highest BCUT2D eigenvalue weighted by Gasteiger charge is 2.31. The lowest BCUT2D eigenvalue weighted by Crippen LogP contribution is -2.48. The second-order valence-corrected chi connectivity index (χ2v) is 7.33. The number of aliphatic carboxylic acids is 1. The summed E-state index contributed by atoms with van der Waals surface area (Å²) in [6.45, 7) is 3.66. The first kappa shape index (κ1) is 19.2. The highest BCUT2D eigenvalue weighted by atomic mass is 19.1. The smallest absolute Gasteiger partial charge is 0.341 e. The average molecular weight is 405 g/mol. The van der Waals surface area contributed by atoms with Crippen molar-refractivity contribution in [1.29, 1.82) is 0 Å². The molecule has 2 N–H and O–H groups in total. The number of ether oxygens (including phenoxy) is 1. The van der Waals surface area contributed by atoms with Gasteiger partial charge in [-0.15, -0.1) is 0 Å². The first-order valence-corrected chi connectivity index (χ1v) is 9.24. The Morgan fingerprint density at radius 1 is 1.24 bits per heavy atom. The number of nitrogens with zero attached hydrogens (tertiary/aromatic N) is 3. The normalized spacial score (nSPS) is 19.2. The standard InChI is InChI=1S/C19H20FN3O6/c1-10-9-29-18-15-11(17(26)12(19(27)28)7-23(10)15)6-13(20)16(18)22-4-2-21(3-5-22)8-14(24)25/h6-7,10H,2-5,8-9H2,1H3,(H,24,25)(H,27,28)/t10-/m0/s1. The lowest BCUT2D eigenvalue weighted by atomic mass is 10.1. The number of piperazine rings is 1. The molecular weight excluding hydrogens is 385 g/mol. The summed E-state index contributed by atoms with van der Waals surface area (Å²) in [6.07, 6.45) is 1.29. The SMILES string of the molecule is C[C@H]1COc2c(N3CCN(CC(=O)O)CC3)c(F)cc3c(=O)c(C(=O)O)cn1c23. The van der Waals surface area contributed by atoms with Gasteiger partial charge in [-0.3, -0.25) is 14.5 Å². The first-order chi connectivity index (χ1) is 13.8. The van der Waals surface area contributed by atoms with Crippen LogP contribution in [-0.4, -0.2) is 70.9 Å². The van der Waals surface area contributed by atoms with Crippen LogP contribution in [0.25, 0.3) is 10.9 Å². The quantitative estimate of drug-likeness (QED) is 0.775. The van der Waals surface area contributed by atoms with E-state index in [1.54, 1.807) is 14.4 Å². The number of anilines is 1. The van der Waals surface area contributed by atoms with Crippen molar-refractivity contribution in [3.05, 3.63) is 33.9 Å². The van der Waals surface area contributed by atoms with Gasteiger partial charge in [0.25, 0.3) is 0 Å². The van der Waals surface area contributed by atoms with Crippen LogP contribution in [0.1, 0.15) is 23.3 Å². The summed E-state index contributed by atoms with van der Waals surface area (Å²) in [5, 5.41) is 18.2. The maximum atomic E-state index is 15.1. The van der Waals surface area contributed by atoms with E-state index in [-0.39, 0.29) is 36.0 Å². The van der Waals surface area contributed by atoms with Gasteiger partial charge in [-0.2, -0.15) is 0 Å². The third kappa shape index (κ3) is 3.19. The Kier molecular flexibility index (Phi) is 4.65. The maximum Gasteiger partial charge on any atom is 0.341 e. The largest absolute Gasteiger partial charge is 0.487 e. The van der Waals surface area contributed by atoms with Gasteiger partial charge in [0.15, 0.2) is 11.6 Å². The zero-order valence-corrected chi connectivity index (χ0v) is 15.7. The fraction of sp³-hybridized carbons (Fsp3) is 0.421. The zero-order chi connectivity index (χ0) is 20.9. The molecule has 4 rings (SSSR count). The van der Waals surface area contributed by atoms with E-state index in [9.17, 15) is 19.5 Å². The Balaban J connectivity index is 1.83. The Bertz CT molecular complexity index is 1070. The first-order valence-electron chi connectivity index (χ1n) is 9.24. The average Bonchev–Trinajstić information content (AvgIpc) is 2.66. The van der Waals surface area contributed by atoms with Crippen molar-refractivity contribution in [1.82, 2.24) is 9.47 Å². The predicted molar refractivity (Wildman–Crippen MR) is 102 cm³/mol. The lowest BCUT2D eigenvalue weighted by Gasteiger charge is -2.37. The molecule has 2 aromatic rings. The van der Waals surface area contributed by atoms with Crippen molar-refractivity contribution in [2.75, 3.05) is 44.2 Å². The van der Waals surface area contributed by atoms with Gasteiger partial charge in [-0.05, 0) is 13.0 Å². The number of carboxylic acid groups (broad SMARTS) is 2. The minimum atomic E-state index is -1.36. The molecule has 0 unspecified atom stereocenters. The minimum absolute atomic E-state index is 0.0304. The molecule has 1 saturated heterocycles. The van der Waals surface area contributed by atoms with Gasteiger partial charge in [0.2, 0.25) is 5.43 Å². The third-order valence-corrected chi connectivity index (χ3v) is 5.42. The molecule has 1 atom stereocenters. The molecular formula is C19H20FN3O6. The summed E-state index contributed by atoms with van der Waals surface area (Å²) < 4.78 is 22.6. The van der Waals surface area contributed by atoms with Gasteiger partial charge in [0.05, 0.1) is 23.5 Å². The highest BCUT2D eigenvalue weighted by Crippen LogP contribution is 2.42. The summed E-state index contributed by atoms with van der Waals surface area (Å²) in [4.78, 5) is 38.5. The number of carbonyl (C=O) groups is 2. The van der Waals surface area contributed by atoms with Crippen molar-refractivity contribution in [2.45, 2.75) is 13.0 Å². The molecule has 1 aromatic carbocycles. The van der Waals surface area contributed by atoms with E-state index < -0.39 is 28.7 Å². The van der Waals surface area contributed by atoms with Crippen LogP contribution in [0.3, 0.4) is 0 Å². The molecule has 0 aliphatic carbocycles. The van der Waals surface area contributed by atoms with Gasteiger partial charge in [-0.25, -0.2) is 9.18 Å². The van der Waals surface area contributed by atoms with E-state index in [4.69, 9.17) is 9.84 Å². The van der Waals surface area contributed by atoms with Crippen LogP contribution < -0.4 is 15.1 Å². The molecule has 2 aliphatic heterocycles. The molecule has 3 heterocycles. The van der Waals surface area contributed by atoms with Crippen LogP contribution in [-0.2, 0) is 4.79 Å². The number of hydrogen-bond acceptors (Lipinski definition) is 6. The molecule has 0 amide bonds. The second-order valence-electron chi connectivity index (χ2n) is 7.33. The number of benzene rings is 1. The molecule has 154 valence electrons. The van der Waals surface area contributed by atoms with E-state index in [0.29, 0.717) is 31.7 Å². The van der Waals surface area contributed by atoms with Crippen molar-refractivity contribution >= 4 is 28.5 Å². The monoisotopic (exact) mass is 405 g/mol. The molecule has 1 aromatic heterocycles. The molecule has 9 nitrogen and oxygen atoms in total. The number of rotatable bonds is 4. The van der Waals surface area contributed by atoms with Crippen molar-refractivity contribution in [3.63, 3.8) is 0 Å². The van der Waals surface area contributed by atoms with E-state index in [1.807, 2.05) is 6.92 Å². The molecule has 1 fully saturated rings. The molecule has 10 heteroatoms. The van der Waals surface area contributed by atoms with Crippen molar-refractivity contribution in [2.24, 2.45) is 0 Å². The number of aromatic carboxylic acids is 1. The predicted octanol–water partition coefficient (Wildman–Crippen LogP) is 0.999. The molecule has 2 aliphatic rings. The number of hydrogen-bond donors (Lipinski definition) is 2. The fourth-order valence-corrected chi connectivity index (χ4v) is 3.98. The third-order valence-electron chi connectivity index (χ3n) is 5.42. The molecule has 29 heavy (non-hydrogen) atoms. The van der Waals surface area contributed by atoms with E-state index in [0.717, 1.165) is 6.07 Å². The topological polar surface area (TPSA) is 112 Å². The zero-order valence-electron chi connectivity index (χ0n) is 15.7. The maximum absolute atomic E-state index is 15.1. The van der Waals surface area contributed by atoms with Gasteiger partial charge in [0, 0.05) is 32.4 Å². The highest BCUT2D eigenvalue weighted by molar-refractivity contribution is 5.97. The molecule has 0 bridgehead atoms. The van der Waals surface area contributed by atoms with Crippen molar-refractivity contribution in [3.8, 4) is 5.75 Å². The Hall–Kier alpha value is -3.14. The van der Waals surface area contributed by atoms with Crippen LogP contribution >= 0.6 is 0 Å². The van der Waals surface area contributed by atoms with Gasteiger partial charge < -0.3 is 24.4 Å². The lowest BCUT2D eigenvalue weighted by molar-refractivity contribution is -0.138. The molecule has 0 spiro atoms. The van der Waals surface area contributed by atoms with Crippen LogP contribution in [0.5, 0.6) is 5.75 Å². The summed E-state index contributed by atoms with van der Waals surface area (Å²) in [5.74, 6) is -2.72. The number of pyridine rings is 1. The fourth-order valence-electron chi connectivity index (χ4n) is 3.98. The number of carboxylic acids is 2. The van der Waals surface area contributed by atoms with Crippen molar-refractivity contribution < 1.29 is 28.9 Å².